The molecule has 2 heteroatoms. The monoisotopic (exact) mass is 286 g/mol. The molecule has 1 heterocycles. The van der Waals surface area contributed by atoms with Gasteiger partial charge in [-0.3, -0.25) is 4.90 Å². The number of nitrogens with zero attached hydrogens (tertiary/aromatic N) is 2. The standard InChI is InChI=1S/C19H30N2/c1-3-16-9-14(1)11-18(16)13-20-5-7-21(8-6-20)19-12-15-2-4-17(19)10-15/h1,3,14-19H,2,4-13H2/t14-,15-,16-,17-,18-,19-/m0/s1. The van der Waals surface area contributed by atoms with Gasteiger partial charge in [0.15, 0.2) is 0 Å². The zero-order valence-electron chi connectivity index (χ0n) is 13.3. The smallest absolute Gasteiger partial charge is 0.0127 e. The average Bonchev–Trinajstić information content (AvgIpc) is 3.28. The second-order valence-electron chi connectivity index (χ2n) is 8.62. The first-order valence-electron chi connectivity index (χ1n) is 9.50. The van der Waals surface area contributed by atoms with E-state index in [4.69, 9.17) is 0 Å². The Balaban J connectivity index is 1.13. The van der Waals surface area contributed by atoms with Crippen LogP contribution in [0, 0.1) is 29.6 Å². The Bertz CT molecular complexity index is 423. The van der Waals surface area contributed by atoms with Crippen LogP contribution in [0.1, 0.15) is 38.5 Å². The molecule has 4 bridgehead atoms. The molecule has 21 heavy (non-hydrogen) atoms. The van der Waals surface area contributed by atoms with E-state index in [0.717, 1.165) is 35.6 Å². The van der Waals surface area contributed by atoms with Crippen LogP contribution in [0.5, 0.6) is 0 Å². The van der Waals surface area contributed by atoms with E-state index >= 15 is 0 Å². The summed E-state index contributed by atoms with van der Waals surface area (Å²) in [5.74, 6) is 5.01. The molecule has 0 spiro atoms. The molecule has 0 aromatic rings. The van der Waals surface area contributed by atoms with Gasteiger partial charge >= 0.3 is 0 Å². The van der Waals surface area contributed by atoms with E-state index in [0.29, 0.717) is 0 Å². The van der Waals surface area contributed by atoms with Crippen LogP contribution >= 0.6 is 0 Å². The lowest BCUT2D eigenvalue weighted by Crippen LogP contribution is -2.52. The van der Waals surface area contributed by atoms with Gasteiger partial charge in [-0.15, -0.1) is 0 Å². The Labute approximate surface area is 129 Å². The van der Waals surface area contributed by atoms with Crippen LogP contribution in [0.2, 0.25) is 0 Å². The van der Waals surface area contributed by atoms with Crippen LogP contribution in [-0.2, 0) is 0 Å². The van der Waals surface area contributed by atoms with Crippen molar-refractivity contribution in [3.05, 3.63) is 12.2 Å². The van der Waals surface area contributed by atoms with Crippen LogP contribution in [0.3, 0.4) is 0 Å². The van der Waals surface area contributed by atoms with E-state index in [1.807, 2.05) is 0 Å². The Hall–Kier alpha value is -0.340. The summed E-state index contributed by atoms with van der Waals surface area (Å²) in [6.07, 6.45) is 14.1. The molecule has 3 saturated carbocycles. The van der Waals surface area contributed by atoms with E-state index < -0.39 is 0 Å². The van der Waals surface area contributed by atoms with Crippen LogP contribution in [0.15, 0.2) is 12.2 Å². The van der Waals surface area contributed by atoms with Crippen LogP contribution in [0.4, 0.5) is 0 Å². The normalized spacial score (nSPS) is 49.5. The maximum absolute atomic E-state index is 2.86. The third-order valence-corrected chi connectivity index (χ3v) is 7.49. The first-order chi connectivity index (χ1) is 10.3. The number of rotatable bonds is 3. The molecular weight excluding hydrogens is 256 g/mol. The van der Waals surface area contributed by atoms with Gasteiger partial charge in [0.05, 0.1) is 0 Å². The van der Waals surface area contributed by atoms with Crippen molar-refractivity contribution in [2.45, 2.75) is 44.6 Å². The second kappa shape index (κ2) is 5.09. The van der Waals surface area contributed by atoms with E-state index in [9.17, 15) is 0 Å². The van der Waals surface area contributed by atoms with Crippen molar-refractivity contribution in [2.75, 3.05) is 32.7 Å². The van der Waals surface area contributed by atoms with Gasteiger partial charge in [0.1, 0.15) is 0 Å². The molecule has 5 aliphatic rings. The molecule has 0 aromatic carbocycles. The Morgan fingerprint density at radius 1 is 0.857 bits per heavy atom. The van der Waals surface area contributed by atoms with Crippen molar-refractivity contribution >= 4 is 0 Å². The highest BCUT2D eigenvalue weighted by Gasteiger charge is 2.43. The van der Waals surface area contributed by atoms with Gasteiger partial charge in [-0.1, -0.05) is 18.6 Å². The molecule has 0 unspecified atom stereocenters. The Morgan fingerprint density at radius 2 is 1.76 bits per heavy atom. The third kappa shape index (κ3) is 2.30. The first-order valence-corrected chi connectivity index (χ1v) is 9.50. The summed E-state index contributed by atoms with van der Waals surface area (Å²) in [4.78, 5) is 5.64. The fourth-order valence-corrected chi connectivity index (χ4v) is 6.37. The predicted molar refractivity (Wildman–Crippen MR) is 86.1 cm³/mol. The lowest BCUT2D eigenvalue weighted by atomic mass is 9.92. The highest BCUT2D eigenvalue weighted by Crippen LogP contribution is 2.47. The van der Waals surface area contributed by atoms with E-state index in [2.05, 4.69) is 22.0 Å². The average molecular weight is 286 g/mol. The summed E-state index contributed by atoms with van der Waals surface area (Å²) in [7, 11) is 0. The van der Waals surface area contributed by atoms with Crippen molar-refractivity contribution < 1.29 is 0 Å². The number of hydrogen-bond donors (Lipinski definition) is 0. The van der Waals surface area contributed by atoms with Crippen molar-refractivity contribution in [3.63, 3.8) is 0 Å². The lowest BCUT2D eigenvalue weighted by molar-refractivity contribution is 0.0618. The molecule has 2 nitrogen and oxygen atoms in total. The summed E-state index contributed by atoms with van der Waals surface area (Å²) >= 11 is 0. The molecule has 116 valence electrons. The first kappa shape index (κ1) is 13.1. The van der Waals surface area contributed by atoms with Crippen LogP contribution in [-0.4, -0.2) is 48.6 Å². The lowest BCUT2D eigenvalue weighted by Gasteiger charge is -2.42. The SMILES string of the molecule is C1=C[C@H]2C[C@H]1C[C@H]2CN1CCN([C@H]2C[C@H]3CC[C@H]2C3)CC1. The fraction of sp³-hybridized carbons (Fsp3) is 0.895. The fourth-order valence-electron chi connectivity index (χ4n) is 6.37. The molecule has 0 amide bonds. The summed E-state index contributed by atoms with van der Waals surface area (Å²) < 4.78 is 0. The third-order valence-electron chi connectivity index (χ3n) is 7.49. The van der Waals surface area contributed by atoms with Gasteiger partial charge in [0.2, 0.25) is 0 Å². The molecule has 0 aromatic heterocycles. The number of hydrogen-bond acceptors (Lipinski definition) is 2. The zero-order chi connectivity index (χ0) is 13.8. The molecule has 0 radical (unpaired) electrons. The molecule has 4 aliphatic carbocycles. The zero-order valence-corrected chi connectivity index (χ0v) is 13.3. The molecule has 5 rings (SSSR count). The summed E-state index contributed by atoms with van der Waals surface area (Å²) in [5.41, 5.74) is 0. The van der Waals surface area contributed by atoms with E-state index in [-0.39, 0.29) is 0 Å². The second-order valence-corrected chi connectivity index (χ2v) is 8.62. The molecule has 1 aliphatic heterocycles. The predicted octanol–water partition coefficient (Wildman–Crippen LogP) is 3.00. The van der Waals surface area contributed by atoms with Crippen molar-refractivity contribution in [2.24, 2.45) is 29.6 Å². The highest BCUT2D eigenvalue weighted by atomic mass is 15.3. The van der Waals surface area contributed by atoms with Crippen molar-refractivity contribution in [1.29, 1.82) is 0 Å². The molecule has 4 fully saturated rings. The van der Waals surface area contributed by atoms with Crippen LogP contribution < -0.4 is 0 Å². The molecule has 1 saturated heterocycles. The van der Waals surface area contributed by atoms with Gasteiger partial charge in [0, 0.05) is 38.8 Å². The molecule has 6 atom stereocenters. The summed E-state index contributed by atoms with van der Waals surface area (Å²) in [6.45, 7) is 6.77. The largest absolute Gasteiger partial charge is 0.300 e. The Kier molecular flexibility index (Phi) is 3.19. The van der Waals surface area contributed by atoms with Gasteiger partial charge in [0.25, 0.3) is 0 Å². The topological polar surface area (TPSA) is 6.48 Å². The van der Waals surface area contributed by atoms with Crippen molar-refractivity contribution in [3.8, 4) is 0 Å². The number of fused-ring (bicyclic) bond motifs is 4. The van der Waals surface area contributed by atoms with Gasteiger partial charge in [-0.2, -0.15) is 0 Å². The van der Waals surface area contributed by atoms with Gasteiger partial charge in [-0.25, -0.2) is 0 Å². The maximum Gasteiger partial charge on any atom is 0.0127 e. The number of piperazine rings is 1. The molecule has 0 N–H and O–H groups in total. The molecular formula is C19H30N2. The van der Waals surface area contributed by atoms with Crippen LogP contribution in [0.25, 0.3) is 0 Å². The summed E-state index contributed by atoms with van der Waals surface area (Å²) in [5, 5.41) is 0. The quantitative estimate of drug-likeness (QED) is 0.736. The van der Waals surface area contributed by atoms with Crippen molar-refractivity contribution in [1.82, 2.24) is 9.80 Å². The maximum atomic E-state index is 2.86. The minimum absolute atomic E-state index is 0.929. The minimum atomic E-state index is 0.929. The van der Waals surface area contributed by atoms with E-state index in [1.165, 1.54) is 58.4 Å². The highest BCUT2D eigenvalue weighted by molar-refractivity contribution is 5.10. The summed E-state index contributed by atoms with van der Waals surface area (Å²) in [6, 6.07) is 0.969. The van der Waals surface area contributed by atoms with E-state index in [1.54, 1.807) is 12.8 Å². The van der Waals surface area contributed by atoms with Gasteiger partial charge < -0.3 is 4.90 Å². The minimum Gasteiger partial charge on any atom is -0.300 e. The van der Waals surface area contributed by atoms with Gasteiger partial charge in [-0.05, 0) is 61.7 Å². The Morgan fingerprint density at radius 3 is 2.38 bits per heavy atom. The number of allylic oxidation sites excluding steroid dienone is 2.